The predicted octanol–water partition coefficient (Wildman–Crippen LogP) is 2.79. The van der Waals surface area contributed by atoms with Crippen LogP contribution in [0.4, 0.5) is 0 Å². The van der Waals surface area contributed by atoms with E-state index in [2.05, 4.69) is 22.6 Å². The van der Waals surface area contributed by atoms with Crippen LogP contribution in [0.2, 0.25) is 0 Å². The lowest BCUT2D eigenvalue weighted by atomic mass is 9.62. The van der Waals surface area contributed by atoms with Gasteiger partial charge < -0.3 is 9.47 Å². The zero-order chi connectivity index (χ0) is 10.3. The summed E-state index contributed by atoms with van der Waals surface area (Å²) in [6.45, 7) is 1.67. The number of fused-ring (bicyclic) bond motifs is 2. The molecule has 0 N–H and O–H groups in total. The van der Waals surface area contributed by atoms with Gasteiger partial charge in [-0.25, -0.2) is 0 Å². The molecule has 2 atom stereocenters. The molecule has 0 aromatic heterocycles. The highest BCUT2D eigenvalue weighted by Gasteiger charge is 2.51. The maximum absolute atomic E-state index is 6.37. The van der Waals surface area contributed by atoms with Gasteiger partial charge in [0.15, 0.2) is 0 Å². The Hall–Kier alpha value is 0.650. The number of hydrogen-bond acceptors (Lipinski definition) is 2. The number of alkyl halides is 1. The lowest BCUT2D eigenvalue weighted by molar-refractivity contribution is -0.243. The van der Waals surface area contributed by atoms with Crippen molar-refractivity contribution < 1.29 is 9.47 Å². The van der Waals surface area contributed by atoms with E-state index in [1.54, 1.807) is 0 Å². The average Bonchev–Trinajstić information content (AvgIpc) is 2.30. The molecule has 0 amide bonds. The Morgan fingerprint density at radius 1 is 1.20 bits per heavy atom. The van der Waals surface area contributed by atoms with Crippen molar-refractivity contribution in [2.75, 3.05) is 17.6 Å². The van der Waals surface area contributed by atoms with E-state index in [1.165, 1.54) is 32.1 Å². The Labute approximate surface area is 105 Å². The Morgan fingerprint density at radius 3 is 2.60 bits per heavy atom. The molecule has 2 unspecified atom stereocenters. The van der Waals surface area contributed by atoms with Crippen LogP contribution in [0, 0.1) is 11.8 Å². The maximum Gasteiger partial charge on any atom is 0.0950 e. The summed E-state index contributed by atoms with van der Waals surface area (Å²) in [5, 5.41) is 0. The quantitative estimate of drug-likeness (QED) is 0.546. The van der Waals surface area contributed by atoms with E-state index in [0.717, 1.165) is 29.5 Å². The van der Waals surface area contributed by atoms with E-state index in [9.17, 15) is 0 Å². The minimum Gasteiger partial charge on any atom is -0.376 e. The monoisotopic (exact) mass is 322 g/mol. The molecule has 1 saturated heterocycles. The van der Waals surface area contributed by atoms with Crippen LogP contribution >= 0.6 is 22.6 Å². The van der Waals surface area contributed by atoms with E-state index in [1.807, 2.05) is 0 Å². The van der Waals surface area contributed by atoms with Gasteiger partial charge in [0, 0.05) is 4.43 Å². The minimum atomic E-state index is 0.120. The topological polar surface area (TPSA) is 18.5 Å². The Kier molecular flexibility index (Phi) is 2.98. The first-order chi connectivity index (χ1) is 7.32. The van der Waals surface area contributed by atoms with Crippen LogP contribution in [-0.2, 0) is 9.47 Å². The van der Waals surface area contributed by atoms with Gasteiger partial charge in [-0.1, -0.05) is 22.6 Å². The first kappa shape index (κ1) is 10.8. The fourth-order valence-corrected chi connectivity index (χ4v) is 4.14. The van der Waals surface area contributed by atoms with Gasteiger partial charge in [0.25, 0.3) is 0 Å². The lowest BCUT2D eigenvalue weighted by Gasteiger charge is -2.54. The Balaban J connectivity index is 1.77. The minimum absolute atomic E-state index is 0.120. The van der Waals surface area contributed by atoms with Gasteiger partial charge in [-0.05, 0) is 43.9 Å². The van der Waals surface area contributed by atoms with E-state index < -0.39 is 0 Å². The highest BCUT2D eigenvalue weighted by Crippen LogP contribution is 2.50. The molecule has 3 saturated carbocycles. The molecule has 4 aliphatic rings. The summed E-state index contributed by atoms with van der Waals surface area (Å²) in [6, 6.07) is 0. The zero-order valence-electron chi connectivity index (χ0n) is 9.08. The summed E-state index contributed by atoms with van der Waals surface area (Å²) in [5.74, 6) is 1.71. The van der Waals surface area contributed by atoms with E-state index in [0.29, 0.717) is 6.10 Å². The predicted molar refractivity (Wildman–Crippen MR) is 67.4 cm³/mol. The Morgan fingerprint density at radius 2 is 2.00 bits per heavy atom. The molecule has 0 radical (unpaired) electrons. The summed E-state index contributed by atoms with van der Waals surface area (Å²) >= 11 is 2.41. The lowest BCUT2D eigenvalue weighted by Crippen LogP contribution is -2.57. The molecule has 2 nitrogen and oxygen atoms in total. The second-order valence-electron chi connectivity index (χ2n) is 5.40. The van der Waals surface area contributed by atoms with Crippen LogP contribution in [-0.4, -0.2) is 29.3 Å². The van der Waals surface area contributed by atoms with Crippen molar-refractivity contribution in [3.8, 4) is 0 Å². The van der Waals surface area contributed by atoms with Crippen LogP contribution in [0.5, 0.6) is 0 Å². The van der Waals surface area contributed by atoms with E-state index in [-0.39, 0.29) is 5.60 Å². The van der Waals surface area contributed by atoms with Crippen molar-refractivity contribution in [3.05, 3.63) is 0 Å². The van der Waals surface area contributed by atoms with Crippen LogP contribution in [0.15, 0.2) is 0 Å². The highest BCUT2D eigenvalue weighted by atomic mass is 127. The number of hydrogen-bond donors (Lipinski definition) is 0. The first-order valence-corrected chi connectivity index (χ1v) is 7.66. The van der Waals surface area contributed by atoms with Crippen LogP contribution in [0.25, 0.3) is 0 Å². The molecule has 3 aliphatic carbocycles. The van der Waals surface area contributed by atoms with Gasteiger partial charge in [-0.2, -0.15) is 0 Å². The highest BCUT2D eigenvalue weighted by molar-refractivity contribution is 14.1. The third-order valence-electron chi connectivity index (χ3n) is 4.45. The number of ether oxygens (including phenoxy) is 2. The summed E-state index contributed by atoms with van der Waals surface area (Å²) in [7, 11) is 0. The fourth-order valence-electron chi connectivity index (χ4n) is 3.71. The third-order valence-corrected chi connectivity index (χ3v) is 5.43. The van der Waals surface area contributed by atoms with E-state index in [4.69, 9.17) is 9.47 Å². The van der Waals surface area contributed by atoms with Gasteiger partial charge in [-0.15, -0.1) is 0 Å². The first-order valence-electron chi connectivity index (χ1n) is 6.14. The normalized spacial score (nSPS) is 49.8. The summed E-state index contributed by atoms with van der Waals surface area (Å²) in [5.41, 5.74) is 0.120. The molecule has 1 spiro atoms. The third kappa shape index (κ3) is 1.84. The largest absolute Gasteiger partial charge is 0.376 e. The Bertz CT molecular complexity index is 238. The molecule has 1 heterocycles. The molecular formula is C12H19IO2. The van der Waals surface area contributed by atoms with Crippen LogP contribution < -0.4 is 0 Å². The number of rotatable bonds is 1. The summed E-state index contributed by atoms with van der Waals surface area (Å²) in [6.07, 6.45) is 7.24. The van der Waals surface area contributed by atoms with Crippen LogP contribution in [0.3, 0.4) is 0 Å². The molecule has 4 fully saturated rings. The van der Waals surface area contributed by atoms with Crippen molar-refractivity contribution >= 4 is 22.6 Å². The molecular weight excluding hydrogens is 303 g/mol. The van der Waals surface area contributed by atoms with Crippen molar-refractivity contribution in [2.24, 2.45) is 11.8 Å². The maximum atomic E-state index is 6.37. The van der Waals surface area contributed by atoms with Crippen molar-refractivity contribution in [1.82, 2.24) is 0 Å². The van der Waals surface area contributed by atoms with Crippen molar-refractivity contribution in [1.29, 1.82) is 0 Å². The average molecular weight is 322 g/mol. The van der Waals surface area contributed by atoms with Gasteiger partial charge in [0.1, 0.15) is 0 Å². The van der Waals surface area contributed by atoms with Gasteiger partial charge in [-0.3, -0.25) is 0 Å². The molecule has 15 heavy (non-hydrogen) atoms. The molecule has 2 bridgehead atoms. The van der Waals surface area contributed by atoms with Gasteiger partial charge in [0.05, 0.1) is 24.9 Å². The summed E-state index contributed by atoms with van der Waals surface area (Å²) in [4.78, 5) is 0. The summed E-state index contributed by atoms with van der Waals surface area (Å²) < 4.78 is 13.2. The second kappa shape index (κ2) is 4.15. The van der Waals surface area contributed by atoms with Gasteiger partial charge >= 0.3 is 0 Å². The molecule has 86 valence electrons. The SMILES string of the molecule is ICC1COCC2(CC3CCC2CC3)O1. The number of halogens is 1. The molecule has 3 heteroatoms. The molecule has 0 aromatic rings. The van der Waals surface area contributed by atoms with Crippen LogP contribution in [0.1, 0.15) is 32.1 Å². The van der Waals surface area contributed by atoms with Crippen molar-refractivity contribution in [2.45, 2.75) is 43.8 Å². The molecule has 4 rings (SSSR count). The van der Waals surface area contributed by atoms with Gasteiger partial charge in [0.2, 0.25) is 0 Å². The molecule has 1 aliphatic heterocycles. The molecule has 0 aromatic carbocycles. The fraction of sp³-hybridized carbons (Fsp3) is 1.00. The smallest absolute Gasteiger partial charge is 0.0950 e. The van der Waals surface area contributed by atoms with Crippen molar-refractivity contribution in [3.63, 3.8) is 0 Å². The van der Waals surface area contributed by atoms with E-state index >= 15 is 0 Å². The standard InChI is InChI=1S/C12H19IO2/c13-6-11-7-14-8-12(15-11)5-9-1-3-10(12)4-2-9/h9-11H,1-8H2. The second-order valence-corrected chi connectivity index (χ2v) is 6.28. The zero-order valence-corrected chi connectivity index (χ0v) is 11.2.